The van der Waals surface area contributed by atoms with Gasteiger partial charge in [-0.3, -0.25) is 0 Å². The van der Waals surface area contributed by atoms with Gasteiger partial charge >= 0.3 is 6.18 Å². The molecule has 1 fully saturated rings. The van der Waals surface area contributed by atoms with Crippen molar-refractivity contribution in [3.8, 4) is 0 Å². The summed E-state index contributed by atoms with van der Waals surface area (Å²) < 4.78 is 43.6. The van der Waals surface area contributed by atoms with E-state index in [2.05, 4.69) is 0 Å². The van der Waals surface area contributed by atoms with Crippen LogP contribution < -0.4 is 5.73 Å². The maximum absolute atomic E-state index is 12.8. The van der Waals surface area contributed by atoms with E-state index < -0.39 is 18.0 Å². The Morgan fingerprint density at radius 1 is 1.35 bits per heavy atom. The van der Waals surface area contributed by atoms with Gasteiger partial charge in [-0.2, -0.15) is 13.2 Å². The molecule has 1 aliphatic rings. The fraction of sp³-hybridized carbons (Fsp3) is 1.00. The van der Waals surface area contributed by atoms with Crippen molar-refractivity contribution in [3.05, 3.63) is 0 Å². The van der Waals surface area contributed by atoms with Crippen LogP contribution in [0.15, 0.2) is 0 Å². The molecule has 0 aromatic rings. The van der Waals surface area contributed by atoms with Gasteiger partial charge in [-0.05, 0) is 26.4 Å². The number of alkyl halides is 3. The third-order valence-corrected chi connectivity index (χ3v) is 3.15. The Morgan fingerprint density at radius 2 is 2.06 bits per heavy atom. The molecule has 6 heteroatoms. The average molecular weight is 254 g/mol. The first-order valence-electron chi connectivity index (χ1n) is 6.06. The molecule has 0 radical (unpaired) electrons. The molecule has 0 aromatic carbocycles. The largest absolute Gasteiger partial charge is 0.393 e. The van der Waals surface area contributed by atoms with E-state index in [-0.39, 0.29) is 13.2 Å². The van der Waals surface area contributed by atoms with Gasteiger partial charge < -0.3 is 15.4 Å². The van der Waals surface area contributed by atoms with E-state index in [4.69, 9.17) is 10.5 Å². The number of rotatable bonds is 6. The van der Waals surface area contributed by atoms with E-state index in [1.54, 1.807) is 6.92 Å². The van der Waals surface area contributed by atoms with Crippen molar-refractivity contribution in [2.45, 2.75) is 19.5 Å². The number of nitrogens with two attached hydrogens (primary N) is 1. The van der Waals surface area contributed by atoms with Crippen molar-refractivity contribution < 1.29 is 17.9 Å². The first-order valence-corrected chi connectivity index (χ1v) is 6.06. The lowest BCUT2D eigenvalue weighted by atomic mass is 9.96. The van der Waals surface area contributed by atoms with Crippen LogP contribution in [0.4, 0.5) is 13.2 Å². The second-order valence-electron chi connectivity index (χ2n) is 4.47. The third-order valence-electron chi connectivity index (χ3n) is 3.15. The maximum Gasteiger partial charge on any atom is 0.393 e. The van der Waals surface area contributed by atoms with E-state index in [0.29, 0.717) is 26.2 Å². The Bertz CT molecular complexity index is 223. The summed E-state index contributed by atoms with van der Waals surface area (Å²) in [7, 11) is 0. The minimum atomic E-state index is -4.13. The molecular weight excluding hydrogens is 233 g/mol. The summed E-state index contributed by atoms with van der Waals surface area (Å²) in [6, 6.07) is 0. The predicted molar refractivity (Wildman–Crippen MR) is 59.6 cm³/mol. The van der Waals surface area contributed by atoms with E-state index in [1.165, 1.54) is 0 Å². The van der Waals surface area contributed by atoms with Crippen molar-refractivity contribution in [1.29, 1.82) is 0 Å². The zero-order chi connectivity index (χ0) is 12.9. The fourth-order valence-electron chi connectivity index (χ4n) is 2.27. The number of ether oxygens (including phenoxy) is 1. The summed E-state index contributed by atoms with van der Waals surface area (Å²) in [6.45, 7) is 4.16. The van der Waals surface area contributed by atoms with Gasteiger partial charge in [-0.1, -0.05) is 0 Å². The fourth-order valence-corrected chi connectivity index (χ4v) is 2.27. The lowest BCUT2D eigenvalue weighted by molar-refractivity contribution is -0.184. The Kier molecular flexibility index (Phi) is 5.69. The second-order valence-corrected chi connectivity index (χ2v) is 4.47. The molecule has 1 aliphatic heterocycles. The Labute approximate surface area is 100 Å². The number of nitrogens with zero attached hydrogens (tertiary/aromatic N) is 1. The third kappa shape index (κ3) is 4.44. The van der Waals surface area contributed by atoms with E-state index >= 15 is 0 Å². The molecule has 2 N–H and O–H groups in total. The van der Waals surface area contributed by atoms with Crippen molar-refractivity contribution in [2.75, 3.05) is 39.4 Å². The molecule has 0 aliphatic carbocycles. The van der Waals surface area contributed by atoms with Gasteiger partial charge in [0.25, 0.3) is 0 Å². The Morgan fingerprint density at radius 3 is 2.59 bits per heavy atom. The van der Waals surface area contributed by atoms with Gasteiger partial charge in [0.1, 0.15) is 0 Å². The van der Waals surface area contributed by atoms with Crippen molar-refractivity contribution in [3.63, 3.8) is 0 Å². The summed E-state index contributed by atoms with van der Waals surface area (Å²) in [5.41, 5.74) is 5.37. The molecule has 2 atom stereocenters. The zero-order valence-corrected chi connectivity index (χ0v) is 10.2. The first kappa shape index (κ1) is 14.7. The molecule has 0 aromatic heterocycles. The minimum Gasteiger partial charge on any atom is -0.381 e. The minimum absolute atomic E-state index is 0.0846. The summed E-state index contributed by atoms with van der Waals surface area (Å²) in [5.74, 6) is -1.69. The monoisotopic (exact) mass is 254 g/mol. The number of hydrogen-bond acceptors (Lipinski definition) is 3. The number of hydrogen-bond donors (Lipinski definition) is 1. The van der Waals surface area contributed by atoms with Gasteiger partial charge in [0, 0.05) is 25.6 Å². The second kappa shape index (κ2) is 6.56. The van der Waals surface area contributed by atoms with Gasteiger partial charge in [0.15, 0.2) is 0 Å². The normalized spacial score (nSPS) is 26.6. The van der Waals surface area contributed by atoms with Crippen LogP contribution in [0.2, 0.25) is 0 Å². The SMILES string of the molecule is CCOC[C@@H]1CN(CCCN)C[C@@H]1C(F)(F)F. The van der Waals surface area contributed by atoms with Gasteiger partial charge in [0.2, 0.25) is 0 Å². The first-order chi connectivity index (χ1) is 7.99. The topological polar surface area (TPSA) is 38.5 Å². The van der Waals surface area contributed by atoms with Crippen LogP contribution >= 0.6 is 0 Å². The van der Waals surface area contributed by atoms with E-state index in [0.717, 1.165) is 6.42 Å². The van der Waals surface area contributed by atoms with Crippen LogP contribution in [-0.2, 0) is 4.74 Å². The average Bonchev–Trinajstić information content (AvgIpc) is 2.66. The van der Waals surface area contributed by atoms with E-state index in [9.17, 15) is 13.2 Å². The van der Waals surface area contributed by atoms with Crippen LogP contribution in [0.5, 0.6) is 0 Å². The highest BCUT2D eigenvalue weighted by molar-refractivity contribution is 4.88. The molecule has 0 unspecified atom stereocenters. The van der Waals surface area contributed by atoms with Crippen LogP contribution in [0.1, 0.15) is 13.3 Å². The van der Waals surface area contributed by atoms with Gasteiger partial charge in [-0.15, -0.1) is 0 Å². The van der Waals surface area contributed by atoms with Gasteiger partial charge in [0.05, 0.1) is 12.5 Å². The molecule has 0 bridgehead atoms. The maximum atomic E-state index is 12.8. The Hall–Kier alpha value is -0.330. The highest BCUT2D eigenvalue weighted by atomic mass is 19.4. The summed E-state index contributed by atoms with van der Waals surface area (Å²) in [4.78, 5) is 1.84. The summed E-state index contributed by atoms with van der Waals surface area (Å²) in [6.07, 6.45) is -3.38. The molecule has 3 nitrogen and oxygen atoms in total. The molecule has 1 heterocycles. The van der Waals surface area contributed by atoms with Crippen LogP contribution in [0.3, 0.4) is 0 Å². The molecule has 0 saturated carbocycles. The molecular formula is C11H21F3N2O. The molecule has 1 saturated heterocycles. The lowest BCUT2D eigenvalue weighted by Gasteiger charge is -2.20. The number of likely N-dealkylation sites (tertiary alicyclic amines) is 1. The van der Waals surface area contributed by atoms with Crippen LogP contribution in [0, 0.1) is 11.8 Å². The summed E-state index contributed by atoms with van der Waals surface area (Å²) in [5, 5.41) is 0. The molecule has 0 spiro atoms. The number of halogens is 3. The molecule has 0 amide bonds. The molecule has 17 heavy (non-hydrogen) atoms. The van der Waals surface area contributed by atoms with Crippen LogP contribution in [0.25, 0.3) is 0 Å². The van der Waals surface area contributed by atoms with E-state index in [1.807, 2.05) is 4.90 Å². The standard InChI is InChI=1S/C11H21F3N2O/c1-2-17-8-9-6-16(5-3-4-15)7-10(9)11(12,13)14/h9-10H,2-8,15H2,1H3/t9-,10-/m0/s1. The van der Waals surface area contributed by atoms with Crippen molar-refractivity contribution >= 4 is 0 Å². The molecule has 102 valence electrons. The highest BCUT2D eigenvalue weighted by Crippen LogP contribution is 2.37. The van der Waals surface area contributed by atoms with Crippen LogP contribution in [-0.4, -0.2) is 50.5 Å². The smallest absolute Gasteiger partial charge is 0.381 e. The lowest BCUT2D eigenvalue weighted by Crippen LogP contribution is -2.32. The highest BCUT2D eigenvalue weighted by Gasteiger charge is 2.49. The Balaban J connectivity index is 2.53. The molecule has 1 rings (SSSR count). The zero-order valence-electron chi connectivity index (χ0n) is 10.2. The predicted octanol–water partition coefficient (Wildman–Crippen LogP) is 1.48. The van der Waals surface area contributed by atoms with Crippen molar-refractivity contribution in [1.82, 2.24) is 4.90 Å². The quantitative estimate of drug-likeness (QED) is 0.780. The van der Waals surface area contributed by atoms with Gasteiger partial charge in [-0.25, -0.2) is 0 Å². The summed E-state index contributed by atoms with van der Waals surface area (Å²) >= 11 is 0. The van der Waals surface area contributed by atoms with Crippen molar-refractivity contribution in [2.24, 2.45) is 17.6 Å².